The highest BCUT2D eigenvalue weighted by Crippen LogP contribution is 2.22. The monoisotopic (exact) mass is 288 g/mol. The molecule has 0 bridgehead atoms. The molecule has 1 aliphatic heterocycles. The van der Waals surface area contributed by atoms with Crippen molar-refractivity contribution in [1.29, 1.82) is 0 Å². The van der Waals surface area contributed by atoms with Crippen molar-refractivity contribution in [3.8, 4) is 0 Å². The minimum Gasteiger partial charge on any atom is -0.396 e. The van der Waals surface area contributed by atoms with E-state index >= 15 is 0 Å². The van der Waals surface area contributed by atoms with Crippen LogP contribution in [0.1, 0.15) is 34.6 Å². The molecule has 0 aromatic carbocycles. The zero-order valence-electron chi connectivity index (χ0n) is 12.4. The number of carbonyl (C=O) groups is 1. The van der Waals surface area contributed by atoms with Crippen molar-refractivity contribution in [2.45, 2.75) is 26.7 Å². The maximum atomic E-state index is 12.7. The lowest BCUT2D eigenvalue weighted by molar-refractivity contribution is 0.0783. The number of carbonyl (C=O) groups excluding carboxylic acids is 1. The molecule has 6 heteroatoms. The van der Waals surface area contributed by atoms with Crippen LogP contribution < -0.4 is 0 Å². The molecule has 1 amide bonds. The van der Waals surface area contributed by atoms with Gasteiger partial charge in [-0.05, 0) is 32.6 Å². The third-order valence-corrected chi connectivity index (χ3v) is 4.19. The molecule has 1 atom stereocenters. The Kier molecular flexibility index (Phi) is 3.63. The van der Waals surface area contributed by atoms with Crippen LogP contribution in [0.15, 0.2) is 12.3 Å². The first-order chi connectivity index (χ1) is 10.1. The van der Waals surface area contributed by atoms with Gasteiger partial charge in [-0.1, -0.05) is 0 Å². The highest BCUT2D eigenvalue weighted by molar-refractivity contribution is 5.95. The maximum absolute atomic E-state index is 12.7. The summed E-state index contributed by atoms with van der Waals surface area (Å²) in [6, 6.07) is 1.90. The van der Waals surface area contributed by atoms with Gasteiger partial charge in [-0.3, -0.25) is 4.79 Å². The molecular weight excluding hydrogens is 268 g/mol. The number of aliphatic hydroxyl groups is 1. The molecule has 1 fully saturated rings. The number of likely N-dealkylation sites (tertiary alicyclic amines) is 1. The van der Waals surface area contributed by atoms with Gasteiger partial charge in [0.1, 0.15) is 0 Å². The predicted octanol–water partition coefficient (Wildman–Crippen LogP) is 1.19. The standard InChI is InChI=1S/C15H20N4O2/c1-10-7-14-16-8-13(11(2)19(14)17-10)15(21)18-5-3-12(9-18)4-6-20/h7-8,12,20H,3-6,9H2,1-2H3. The van der Waals surface area contributed by atoms with E-state index in [1.54, 1.807) is 10.7 Å². The Hall–Kier alpha value is -1.95. The number of amides is 1. The van der Waals surface area contributed by atoms with Crippen LogP contribution in [-0.4, -0.2) is 50.2 Å². The Morgan fingerprint density at radius 1 is 1.48 bits per heavy atom. The molecule has 21 heavy (non-hydrogen) atoms. The summed E-state index contributed by atoms with van der Waals surface area (Å²) in [4.78, 5) is 18.8. The second kappa shape index (κ2) is 5.44. The first-order valence-corrected chi connectivity index (χ1v) is 7.32. The van der Waals surface area contributed by atoms with Crippen LogP contribution in [0, 0.1) is 19.8 Å². The number of aryl methyl sites for hydroxylation is 2. The van der Waals surface area contributed by atoms with Gasteiger partial charge in [0.25, 0.3) is 5.91 Å². The van der Waals surface area contributed by atoms with Gasteiger partial charge in [0.2, 0.25) is 0 Å². The smallest absolute Gasteiger partial charge is 0.257 e. The molecule has 0 radical (unpaired) electrons. The normalized spacial score (nSPS) is 18.6. The predicted molar refractivity (Wildman–Crippen MR) is 78.2 cm³/mol. The number of hydrogen-bond donors (Lipinski definition) is 1. The average Bonchev–Trinajstić information content (AvgIpc) is 3.05. The van der Waals surface area contributed by atoms with Gasteiger partial charge in [0.05, 0.1) is 17.0 Å². The second-order valence-corrected chi connectivity index (χ2v) is 5.73. The highest BCUT2D eigenvalue weighted by Gasteiger charge is 2.28. The van der Waals surface area contributed by atoms with Crippen molar-refractivity contribution in [3.63, 3.8) is 0 Å². The summed E-state index contributed by atoms with van der Waals surface area (Å²) in [5.41, 5.74) is 3.08. The van der Waals surface area contributed by atoms with Crippen LogP contribution >= 0.6 is 0 Å². The largest absolute Gasteiger partial charge is 0.396 e. The highest BCUT2D eigenvalue weighted by atomic mass is 16.3. The lowest BCUT2D eigenvalue weighted by atomic mass is 10.1. The molecular formula is C15H20N4O2. The number of fused-ring (bicyclic) bond motifs is 1. The molecule has 0 saturated carbocycles. The zero-order chi connectivity index (χ0) is 15.0. The van der Waals surface area contributed by atoms with Crippen molar-refractivity contribution in [2.75, 3.05) is 19.7 Å². The van der Waals surface area contributed by atoms with Gasteiger partial charge in [0, 0.05) is 32.0 Å². The maximum Gasteiger partial charge on any atom is 0.257 e. The minimum absolute atomic E-state index is 0.00972. The van der Waals surface area contributed by atoms with Gasteiger partial charge >= 0.3 is 0 Å². The summed E-state index contributed by atoms with van der Waals surface area (Å²) >= 11 is 0. The first kappa shape index (κ1) is 14.0. The molecule has 3 rings (SSSR count). The van der Waals surface area contributed by atoms with E-state index < -0.39 is 0 Å². The van der Waals surface area contributed by atoms with Crippen LogP contribution in [-0.2, 0) is 0 Å². The summed E-state index contributed by atoms with van der Waals surface area (Å²) in [6.45, 7) is 5.46. The SMILES string of the molecule is Cc1cc2ncc(C(=O)N3CCC(CCO)C3)c(C)n2n1. The Labute approximate surface area is 123 Å². The van der Waals surface area contributed by atoms with Crippen molar-refractivity contribution < 1.29 is 9.90 Å². The molecule has 1 unspecified atom stereocenters. The van der Waals surface area contributed by atoms with Gasteiger partial charge in [-0.2, -0.15) is 5.10 Å². The Morgan fingerprint density at radius 3 is 3.05 bits per heavy atom. The molecule has 1 N–H and O–H groups in total. The fraction of sp³-hybridized carbons (Fsp3) is 0.533. The Balaban J connectivity index is 1.86. The van der Waals surface area contributed by atoms with E-state index in [0.717, 1.165) is 43.0 Å². The van der Waals surface area contributed by atoms with Gasteiger partial charge in [-0.25, -0.2) is 9.50 Å². The molecule has 6 nitrogen and oxygen atoms in total. The summed E-state index contributed by atoms with van der Waals surface area (Å²) in [7, 11) is 0. The van der Waals surface area contributed by atoms with E-state index in [1.807, 2.05) is 24.8 Å². The number of hydrogen-bond acceptors (Lipinski definition) is 4. The van der Waals surface area contributed by atoms with Crippen LogP contribution in [0.4, 0.5) is 0 Å². The summed E-state index contributed by atoms with van der Waals surface area (Å²) < 4.78 is 1.73. The van der Waals surface area contributed by atoms with Gasteiger partial charge in [-0.15, -0.1) is 0 Å². The number of nitrogens with zero attached hydrogens (tertiary/aromatic N) is 4. The fourth-order valence-electron chi connectivity index (χ4n) is 2.98. The average molecular weight is 288 g/mol. The van der Waals surface area contributed by atoms with Gasteiger partial charge < -0.3 is 10.0 Å². The number of aliphatic hydroxyl groups excluding tert-OH is 1. The summed E-state index contributed by atoms with van der Waals surface area (Å²) in [5.74, 6) is 0.415. The Bertz CT molecular complexity index is 680. The molecule has 2 aromatic heterocycles. The third-order valence-electron chi connectivity index (χ3n) is 4.19. The molecule has 3 heterocycles. The molecule has 0 aliphatic carbocycles. The topological polar surface area (TPSA) is 70.7 Å². The number of aromatic nitrogens is 3. The molecule has 112 valence electrons. The van der Waals surface area contributed by atoms with Crippen molar-refractivity contribution in [3.05, 3.63) is 29.2 Å². The fourth-order valence-corrected chi connectivity index (χ4v) is 2.98. The number of rotatable bonds is 3. The van der Waals surface area contributed by atoms with Crippen molar-refractivity contribution >= 4 is 11.6 Å². The van der Waals surface area contributed by atoms with Crippen LogP contribution in [0.3, 0.4) is 0 Å². The third kappa shape index (κ3) is 2.51. The van der Waals surface area contributed by atoms with Crippen LogP contribution in [0.5, 0.6) is 0 Å². The summed E-state index contributed by atoms with van der Waals surface area (Å²) in [6.07, 6.45) is 3.37. The minimum atomic E-state index is 0.00972. The molecule has 0 spiro atoms. The van der Waals surface area contributed by atoms with Crippen molar-refractivity contribution in [1.82, 2.24) is 19.5 Å². The molecule has 1 saturated heterocycles. The lowest BCUT2D eigenvalue weighted by Crippen LogP contribution is -2.30. The molecule has 1 aliphatic rings. The zero-order valence-corrected chi connectivity index (χ0v) is 12.4. The van der Waals surface area contributed by atoms with Gasteiger partial charge in [0.15, 0.2) is 5.65 Å². The second-order valence-electron chi connectivity index (χ2n) is 5.73. The van der Waals surface area contributed by atoms with E-state index in [9.17, 15) is 4.79 Å². The van der Waals surface area contributed by atoms with Crippen LogP contribution in [0.2, 0.25) is 0 Å². The Morgan fingerprint density at radius 2 is 2.29 bits per heavy atom. The lowest BCUT2D eigenvalue weighted by Gasteiger charge is -2.17. The van der Waals surface area contributed by atoms with Crippen molar-refractivity contribution in [2.24, 2.45) is 5.92 Å². The van der Waals surface area contributed by atoms with E-state index in [-0.39, 0.29) is 12.5 Å². The summed E-state index contributed by atoms with van der Waals surface area (Å²) in [5, 5.41) is 13.4. The van der Waals surface area contributed by atoms with Crippen LogP contribution in [0.25, 0.3) is 5.65 Å². The van der Waals surface area contributed by atoms with E-state index in [1.165, 1.54) is 0 Å². The van der Waals surface area contributed by atoms with E-state index in [4.69, 9.17) is 5.11 Å². The quantitative estimate of drug-likeness (QED) is 0.921. The van der Waals surface area contributed by atoms with E-state index in [0.29, 0.717) is 11.5 Å². The molecule has 2 aromatic rings. The first-order valence-electron chi connectivity index (χ1n) is 7.32. The van der Waals surface area contributed by atoms with E-state index in [2.05, 4.69) is 10.1 Å².